The van der Waals surface area contributed by atoms with Crippen molar-refractivity contribution in [2.75, 3.05) is 5.32 Å². The van der Waals surface area contributed by atoms with E-state index >= 15 is 0 Å². The van der Waals surface area contributed by atoms with Gasteiger partial charge in [-0.3, -0.25) is 9.48 Å². The van der Waals surface area contributed by atoms with Crippen LogP contribution in [0.4, 0.5) is 5.82 Å². The van der Waals surface area contributed by atoms with Gasteiger partial charge in [-0.2, -0.15) is 5.10 Å². The van der Waals surface area contributed by atoms with Crippen LogP contribution in [0.15, 0.2) is 63.6 Å². The minimum atomic E-state index is -0.508. The Morgan fingerprint density at radius 2 is 1.79 bits per heavy atom. The molecule has 0 saturated heterocycles. The SMILES string of the molecule is O=C(Nc1nn(Cc2c(Cl)cccc2Cl)cc1Cl)c1ccc(COc2ccc(Br)cc2Cl)o1. The van der Waals surface area contributed by atoms with E-state index in [9.17, 15) is 4.79 Å². The second-order valence-electron chi connectivity index (χ2n) is 6.81. The van der Waals surface area contributed by atoms with Crippen LogP contribution in [0, 0.1) is 0 Å². The molecule has 6 nitrogen and oxygen atoms in total. The second-order valence-corrected chi connectivity index (χ2v) is 9.35. The average Bonchev–Trinajstić information content (AvgIpc) is 3.37. The average molecular weight is 590 g/mol. The topological polar surface area (TPSA) is 69.3 Å². The molecule has 0 saturated carbocycles. The highest BCUT2D eigenvalue weighted by Gasteiger charge is 2.17. The van der Waals surface area contributed by atoms with E-state index in [4.69, 9.17) is 55.6 Å². The van der Waals surface area contributed by atoms with Crippen molar-refractivity contribution < 1.29 is 13.9 Å². The first-order chi connectivity index (χ1) is 15.8. The molecule has 0 aliphatic carbocycles. The highest BCUT2D eigenvalue weighted by atomic mass is 79.9. The van der Waals surface area contributed by atoms with E-state index in [1.807, 2.05) is 6.07 Å². The Hall–Kier alpha value is -2.16. The summed E-state index contributed by atoms with van der Waals surface area (Å²) in [7, 11) is 0. The molecule has 33 heavy (non-hydrogen) atoms. The van der Waals surface area contributed by atoms with Crippen LogP contribution in [0.25, 0.3) is 0 Å². The van der Waals surface area contributed by atoms with Crippen molar-refractivity contribution in [2.24, 2.45) is 0 Å². The number of hydrogen-bond acceptors (Lipinski definition) is 4. The summed E-state index contributed by atoms with van der Waals surface area (Å²) in [5, 5.41) is 8.67. The van der Waals surface area contributed by atoms with Crippen molar-refractivity contribution in [2.45, 2.75) is 13.2 Å². The van der Waals surface area contributed by atoms with Crippen LogP contribution in [0.1, 0.15) is 21.9 Å². The summed E-state index contributed by atoms with van der Waals surface area (Å²) in [5.74, 6) is 0.698. The van der Waals surface area contributed by atoms with E-state index in [1.54, 1.807) is 42.6 Å². The summed E-state index contributed by atoms with van der Waals surface area (Å²) < 4.78 is 13.6. The number of furan rings is 1. The third kappa shape index (κ3) is 5.86. The zero-order valence-corrected chi connectivity index (χ0v) is 21.2. The Morgan fingerprint density at radius 3 is 2.52 bits per heavy atom. The largest absolute Gasteiger partial charge is 0.484 e. The first kappa shape index (κ1) is 24.0. The highest BCUT2D eigenvalue weighted by molar-refractivity contribution is 9.10. The Balaban J connectivity index is 1.40. The summed E-state index contributed by atoms with van der Waals surface area (Å²) in [6.07, 6.45) is 1.57. The number of nitrogens with zero attached hydrogens (tertiary/aromatic N) is 2. The quantitative estimate of drug-likeness (QED) is 0.239. The molecule has 0 fully saturated rings. The summed E-state index contributed by atoms with van der Waals surface area (Å²) in [6.45, 7) is 0.386. The van der Waals surface area contributed by atoms with E-state index in [0.29, 0.717) is 32.1 Å². The van der Waals surface area contributed by atoms with E-state index in [1.165, 1.54) is 10.7 Å². The lowest BCUT2D eigenvalue weighted by Gasteiger charge is -2.07. The number of aromatic nitrogens is 2. The van der Waals surface area contributed by atoms with Gasteiger partial charge in [0.25, 0.3) is 5.91 Å². The van der Waals surface area contributed by atoms with Crippen molar-refractivity contribution in [1.82, 2.24) is 9.78 Å². The molecular formula is C22H14BrCl4N3O3. The number of carbonyl (C=O) groups excluding carboxylic acids is 1. The number of benzene rings is 2. The van der Waals surface area contributed by atoms with Crippen LogP contribution in [0.3, 0.4) is 0 Å². The lowest BCUT2D eigenvalue weighted by atomic mass is 10.2. The fraction of sp³-hybridized carbons (Fsp3) is 0.0909. The number of ether oxygens (including phenoxy) is 1. The van der Waals surface area contributed by atoms with Gasteiger partial charge < -0.3 is 14.5 Å². The fourth-order valence-corrected chi connectivity index (χ4v) is 4.34. The van der Waals surface area contributed by atoms with E-state index in [-0.39, 0.29) is 29.8 Å². The predicted molar refractivity (Wildman–Crippen MR) is 133 cm³/mol. The summed E-state index contributed by atoms with van der Waals surface area (Å²) in [5.41, 5.74) is 0.694. The maximum Gasteiger partial charge on any atom is 0.292 e. The molecule has 11 heteroatoms. The zero-order valence-electron chi connectivity index (χ0n) is 16.6. The van der Waals surface area contributed by atoms with Gasteiger partial charge in [0.1, 0.15) is 23.1 Å². The molecule has 0 spiro atoms. The first-order valence-corrected chi connectivity index (χ1v) is 11.7. The molecule has 2 aromatic heterocycles. The van der Waals surface area contributed by atoms with Gasteiger partial charge in [-0.1, -0.05) is 68.4 Å². The molecule has 4 rings (SSSR count). The van der Waals surface area contributed by atoms with Gasteiger partial charge in [-0.15, -0.1) is 0 Å². The summed E-state index contributed by atoms with van der Waals surface area (Å²) >= 11 is 28.1. The molecule has 0 atom stereocenters. The third-order valence-electron chi connectivity index (χ3n) is 4.48. The minimum absolute atomic E-state index is 0.0790. The molecule has 2 heterocycles. The number of anilines is 1. The summed E-state index contributed by atoms with van der Waals surface area (Å²) in [6, 6.07) is 13.7. The molecule has 2 aromatic carbocycles. The lowest BCUT2D eigenvalue weighted by molar-refractivity contribution is 0.0992. The van der Waals surface area contributed by atoms with Gasteiger partial charge in [0, 0.05) is 26.3 Å². The first-order valence-electron chi connectivity index (χ1n) is 9.44. The van der Waals surface area contributed by atoms with Crippen LogP contribution in [0.5, 0.6) is 5.75 Å². The van der Waals surface area contributed by atoms with Crippen LogP contribution in [0.2, 0.25) is 20.1 Å². The molecule has 4 aromatic rings. The normalized spacial score (nSPS) is 10.9. The summed E-state index contributed by atoms with van der Waals surface area (Å²) in [4.78, 5) is 12.6. The van der Waals surface area contributed by atoms with Gasteiger partial charge in [0.2, 0.25) is 0 Å². The van der Waals surface area contributed by atoms with Gasteiger partial charge in [-0.25, -0.2) is 0 Å². The van der Waals surface area contributed by atoms with Crippen LogP contribution in [-0.4, -0.2) is 15.7 Å². The van der Waals surface area contributed by atoms with Crippen molar-refractivity contribution in [3.8, 4) is 5.75 Å². The van der Waals surface area contributed by atoms with Gasteiger partial charge in [-0.05, 0) is 42.5 Å². The maximum absolute atomic E-state index is 12.6. The second kappa shape index (κ2) is 10.4. The molecule has 0 bridgehead atoms. The number of rotatable bonds is 7. The van der Waals surface area contributed by atoms with E-state index < -0.39 is 5.91 Å². The molecule has 0 radical (unpaired) electrons. The number of halogens is 5. The van der Waals surface area contributed by atoms with Gasteiger partial charge in [0.05, 0.1) is 11.6 Å². The van der Waals surface area contributed by atoms with Crippen molar-refractivity contribution >= 4 is 74.1 Å². The van der Waals surface area contributed by atoms with Crippen LogP contribution >= 0.6 is 62.3 Å². The van der Waals surface area contributed by atoms with Gasteiger partial charge in [0.15, 0.2) is 11.6 Å². The minimum Gasteiger partial charge on any atom is -0.484 e. The number of hydrogen-bond donors (Lipinski definition) is 1. The Labute approximate surface area is 217 Å². The number of nitrogens with one attached hydrogen (secondary N) is 1. The molecular weight excluding hydrogens is 576 g/mol. The van der Waals surface area contributed by atoms with E-state index in [2.05, 4.69) is 26.3 Å². The molecule has 0 aliphatic rings. The Morgan fingerprint density at radius 1 is 1.03 bits per heavy atom. The van der Waals surface area contributed by atoms with E-state index in [0.717, 1.165) is 4.47 Å². The monoisotopic (exact) mass is 587 g/mol. The fourth-order valence-electron chi connectivity index (χ4n) is 2.90. The number of amides is 1. The third-order valence-corrected chi connectivity index (χ3v) is 6.25. The maximum atomic E-state index is 12.6. The molecule has 0 unspecified atom stereocenters. The Kier molecular flexibility index (Phi) is 7.56. The number of carbonyl (C=O) groups is 1. The Bertz CT molecular complexity index is 1300. The van der Waals surface area contributed by atoms with Crippen LogP contribution < -0.4 is 10.1 Å². The molecule has 1 N–H and O–H groups in total. The molecule has 1 amide bonds. The highest BCUT2D eigenvalue weighted by Crippen LogP contribution is 2.29. The molecule has 170 valence electrons. The standard InChI is InChI=1S/C22H14BrCl4N3O3/c23-12-4-6-19(17(26)8-12)32-11-13-5-7-20(33-13)22(31)28-21-18(27)10-30(29-21)9-14-15(24)2-1-3-16(14)25/h1-8,10H,9,11H2,(H,28,29,31). The van der Waals surface area contributed by atoms with Crippen molar-refractivity contribution in [1.29, 1.82) is 0 Å². The van der Waals surface area contributed by atoms with Crippen LogP contribution in [-0.2, 0) is 13.2 Å². The molecule has 0 aliphatic heterocycles. The lowest BCUT2D eigenvalue weighted by Crippen LogP contribution is -2.12. The zero-order chi connectivity index (χ0) is 23.5. The predicted octanol–water partition coefficient (Wildman–Crippen LogP) is 7.73. The smallest absolute Gasteiger partial charge is 0.292 e. The van der Waals surface area contributed by atoms with Crippen molar-refractivity contribution in [3.05, 3.63) is 96.4 Å². The van der Waals surface area contributed by atoms with Gasteiger partial charge >= 0.3 is 0 Å². The van der Waals surface area contributed by atoms with Crippen molar-refractivity contribution in [3.63, 3.8) is 0 Å².